The molecule has 2 fully saturated rings. The second-order valence-corrected chi connectivity index (χ2v) is 9.29. The molecule has 6 nitrogen and oxygen atoms in total. The normalized spacial score (nSPS) is 18.8. The number of nitrogens with one attached hydrogen (secondary N) is 1. The quantitative estimate of drug-likeness (QED) is 0.646. The summed E-state index contributed by atoms with van der Waals surface area (Å²) in [6, 6.07) is 8.09. The van der Waals surface area contributed by atoms with Gasteiger partial charge < -0.3 is 9.88 Å². The molecule has 3 amide bonds. The lowest BCUT2D eigenvalue weighted by molar-refractivity contribution is -0.127. The summed E-state index contributed by atoms with van der Waals surface area (Å²) in [5.41, 5.74) is 3.74. The molecule has 7 heteroatoms. The molecule has 31 heavy (non-hydrogen) atoms. The maximum atomic E-state index is 12.7. The van der Waals surface area contributed by atoms with Crippen molar-refractivity contribution in [1.29, 1.82) is 0 Å². The first kappa shape index (κ1) is 21.4. The number of carbonyl (C=O) groups excluding carboxylic acids is 3. The van der Waals surface area contributed by atoms with Gasteiger partial charge in [0.1, 0.15) is 6.54 Å². The number of imide groups is 1. The van der Waals surface area contributed by atoms with E-state index in [2.05, 4.69) is 9.88 Å². The second kappa shape index (κ2) is 9.14. The average Bonchev–Trinajstić information content (AvgIpc) is 3.32. The highest BCUT2D eigenvalue weighted by Gasteiger charge is 2.36. The molecular formula is C24H27N3O3S. The van der Waals surface area contributed by atoms with E-state index in [-0.39, 0.29) is 6.54 Å². The summed E-state index contributed by atoms with van der Waals surface area (Å²) in [6.45, 7) is 3.67. The van der Waals surface area contributed by atoms with Crippen molar-refractivity contribution in [2.24, 2.45) is 0 Å². The van der Waals surface area contributed by atoms with Crippen LogP contribution in [0.4, 0.5) is 10.5 Å². The highest BCUT2D eigenvalue weighted by molar-refractivity contribution is 8.18. The Morgan fingerprint density at radius 2 is 1.90 bits per heavy atom. The van der Waals surface area contributed by atoms with Gasteiger partial charge in [0.25, 0.3) is 11.1 Å². The lowest BCUT2D eigenvalue weighted by Gasteiger charge is -2.23. The highest BCUT2D eigenvalue weighted by atomic mass is 32.2. The zero-order valence-corrected chi connectivity index (χ0v) is 18.7. The third-order valence-corrected chi connectivity index (χ3v) is 6.90. The minimum Gasteiger partial charge on any atom is -0.351 e. The largest absolute Gasteiger partial charge is 0.351 e. The van der Waals surface area contributed by atoms with Gasteiger partial charge in [0.15, 0.2) is 0 Å². The first-order valence-corrected chi connectivity index (χ1v) is 11.5. The van der Waals surface area contributed by atoms with Crippen LogP contribution in [0.5, 0.6) is 0 Å². The zero-order valence-electron chi connectivity index (χ0n) is 17.9. The van der Waals surface area contributed by atoms with E-state index in [1.54, 1.807) is 6.08 Å². The van der Waals surface area contributed by atoms with E-state index < -0.39 is 17.1 Å². The molecule has 2 aromatic rings. The molecule has 0 bridgehead atoms. The number of aryl methyl sites for hydroxylation is 2. The SMILES string of the molecule is Cc1ccc(NC(=O)CN2C(=O)S/C(=C/c3ccn(C4CCCCC4)c3)C2=O)cc1C. The predicted molar refractivity (Wildman–Crippen MR) is 124 cm³/mol. The lowest BCUT2D eigenvalue weighted by atomic mass is 9.95. The fourth-order valence-corrected chi connectivity index (χ4v) is 4.91. The molecule has 0 spiro atoms. The Morgan fingerprint density at radius 3 is 2.65 bits per heavy atom. The van der Waals surface area contributed by atoms with Gasteiger partial charge in [-0.25, -0.2) is 0 Å². The maximum absolute atomic E-state index is 12.7. The number of hydrogen-bond donors (Lipinski definition) is 1. The topological polar surface area (TPSA) is 71.4 Å². The van der Waals surface area contributed by atoms with Crippen LogP contribution < -0.4 is 5.32 Å². The smallest absolute Gasteiger partial charge is 0.294 e. The van der Waals surface area contributed by atoms with Crippen LogP contribution >= 0.6 is 11.8 Å². The van der Waals surface area contributed by atoms with E-state index in [1.165, 1.54) is 32.1 Å². The maximum Gasteiger partial charge on any atom is 0.294 e. The molecule has 2 heterocycles. The van der Waals surface area contributed by atoms with E-state index in [0.717, 1.165) is 33.4 Å². The minimum atomic E-state index is -0.421. The van der Waals surface area contributed by atoms with Crippen LogP contribution in [0.1, 0.15) is 54.8 Å². The summed E-state index contributed by atoms with van der Waals surface area (Å²) >= 11 is 0.883. The van der Waals surface area contributed by atoms with Gasteiger partial charge >= 0.3 is 0 Å². The molecule has 0 radical (unpaired) electrons. The van der Waals surface area contributed by atoms with E-state index >= 15 is 0 Å². The van der Waals surface area contributed by atoms with Gasteiger partial charge in [-0.1, -0.05) is 25.3 Å². The molecule has 1 aromatic heterocycles. The standard InChI is InChI=1S/C24H27N3O3S/c1-16-8-9-19(12-17(16)2)25-22(28)15-27-23(29)21(31-24(27)30)13-18-10-11-26(14-18)20-6-4-3-5-7-20/h8-14,20H,3-7,15H2,1-2H3,(H,25,28)/b21-13+. The number of thioether (sulfide) groups is 1. The predicted octanol–water partition coefficient (Wildman–Crippen LogP) is 5.29. The van der Waals surface area contributed by atoms with Crippen LogP contribution in [0.3, 0.4) is 0 Å². The van der Waals surface area contributed by atoms with E-state index in [0.29, 0.717) is 16.6 Å². The third-order valence-electron chi connectivity index (χ3n) is 6.00. The molecule has 0 atom stereocenters. The number of carbonyl (C=O) groups is 3. The molecule has 1 N–H and O–H groups in total. The summed E-state index contributed by atoms with van der Waals surface area (Å²) in [5.74, 6) is -0.814. The molecule has 1 aromatic carbocycles. The second-order valence-electron chi connectivity index (χ2n) is 8.30. The Bertz CT molecular complexity index is 1050. The van der Waals surface area contributed by atoms with Gasteiger partial charge in [0, 0.05) is 24.1 Å². The van der Waals surface area contributed by atoms with Gasteiger partial charge in [0.05, 0.1) is 4.91 Å². The van der Waals surface area contributed by atoms with Crippen LogP contribution in [-0.4, -0.2) is 33.1 Å². The van der Waals surface area contributed by atoms with Crippen molar-refractivity contribution in [2.45, 2.75) is 52.0 Å². The van der Waals surface area contributed by atoms with Crippen molar-refractivity contribution in [3.8, 4) is 0 Å². The summed E-state index contributed by atoms with van der Waals surface area (Å²) in [6.07, 6.45) is 12.0. The van der Waals surface area contributed by atoms with Gasteiger partial charge in [-0.2, -0.15) is 0 Å². The Morgan fingerprint density at radius 1 is 1.13 bits per heavy atom. The van der Waals surface area contributed by atoms with Gasteiger partial charge in [-0.15, -0.1) is 0 Å². The lowest BCUT2D eigenvalue weighted by Crippen LogP contribution is -2.36. The number of anilines is 1. The van der Waals surface area contributed by atoms with E-state index in [9.17, 15) is 14.4 Å². The summed E-state index contributed by atoms with van der Waals surface area (Å²) in [4.78, 5) is 38.9. The number of nitrogens with zero attached hydrogens (tertiary/aromatic N) is 2. The first-order valence-electron chi connectivity index (χ1n) is 10.7. The van der Waals surface area contributed by atoms with Crippen LogP contribution in [0, 0.1) is 13.8 Å². The van der Waals surface area contributed by atoms with Crippen LogP contribution in [0.15, 0.2) is 41.6 Å². The number of hydrogen-bond acceptors (Lipinski definition) is 4. The highest BCUT2D eigenvalue weighted by Crippen LogP contribution is 2.33. The molecule has 0 unspecified atom stereocenters. The van der Waals surface area contributed by atoms with Crippen molar-refractivity contribution < 1.29 is 14.4 Å². The number of rotatable bonds is 5. The molecule has 162 valence electrons. The molecule has 1 aliphatic carbocycles. The summed E-state index contributed by atoms with van der Waals surface area (Å²) in [5, 5.41) is 2.35. The van der Waals surface area contributed by atoms with Crippen molar-refractivity contribution in [1.82, 2.24) is 9.47 Å². The molecule has 1 saturated heterocycles. The third kappa shape index (κ3) is 4.93. The van der Waals surface area contributed by atoms with Gasteiger partial charge in [-0.3, -0.25) is 19.3 Å². The number of amides is 3. The molecular weight excluding hydrogens is 410 g/mol. The van der Waals surface area contributed by atoms with E-state index in [1.807, 2.05) is 50.5 Å². The van der Waals surface area contributed by atoms with E-state index in [4.69, 9.17) is 0 Å². The van der Waals surface area contributed by atoms with Crippen LogP contribution in [0.2, 0.25) is 0 Å². The Kier molecular flexibility index (Phi) is 6.32. The first-order chi connectivity index (χ1) is 14.9. The Hall–Kier alpha value is -2.80. The van der Waals surface area contributed by atoms with Crippen molar-refractivity contribution >= 4 is 40.6 Å². The van der Waals surface area contributed by atoms with Crippen molar-refractivity contribution in [3.05, 3.63) is 58.3 Å². The van der Waals surface area contributed by atoms with Crippen LogP contribution in [0.25, 0.3) is 6.08 Å². The summed E-state index contributed by atoms with van der Waals surface area (Å²) < 4.78 is 2.21. The minimum absolute atomic E-state index is 0.294. The fourth-order valence-electron chi connectivity index (χ4n) is 4.07. The Balaban J connectivity index is 1.40. The fraction of sp³-hybridized carbons (Fsp3) is 0.375. The zero-order chi connectivity index (χ0) is 22.0. The molecule has 1 saturated carbocycles. The molecule has 1 aliphatic heterocycles. The molecule has 4 rings (SSSR count). The monoisotopic (exact) mass is 437 g/mol. The van der Waals surface area contributed by atoms with Gasteiger partial charge in [-0.05, 0) is 79.4 Å². The van der Waals surface area contributed by atoms with Crippen molar-refractivity contribution in [3.63, 3.8) is 0 Å². The number of aromatic nitrogens is 1. The molecule has 2 aliphatic rings. The van der Waals surface area contributed by atoms with Gasteiger partial charge in [0.2, 0.25) is 5.91 Å². The summed E-state index contributed by atoms with van der Waals surface area (Å²) in [7, 11) is 0. The van der Waals surface area contributed by atoms with Crippen molar-refractivity contribution in [2.75, 3.05) is 11.9 Å². The van der Waals surface area contributed by atoms with Crippen LogP contribution in [-0.2, 0) is 9.59 Å². The number of benzene rings is 1. The average molecular weight is 438 g/mol. The Labute approximate surface area is 186 Å².